The van der Waals surface area contributed by atoms with E-state index in [-0.39, 0.29) is 10.8 Å². The van der Waals surface area contributed by atoms with Crippen LogP contribution in [0.2, 0.25) is 0 Å². The predicted molar refractivity (Wildman–Crippen MR) is 128 cm³/mol. The number of ether oxygens (including phenoxy) is 2. The highest BCUT2D eigenvalue weighted by Gasteiger charge is 2.28. The Morgan fingerprint density at radius 3 is 2.33 bits per heavy atom. The Balaban J connectivity index is 1.52. The van der Waals surface area contributed by atoms with Gasteiger partial charge in [0, 0.05) is 38.8 Å². The molecular weight excluding hydrogens is 442 g/mol. The fourth-order valence-electron chi connectivity index (χ4n) is 3.66. The van der Waals surface area contributed by atoms with E-state index in [9.17, 15) is 13.2 Å². The largest absolute Gasteiger partial charge is 0.493 e. The first-order chi connectivity index (χ1) is 15.8. The maximum absolute atomic E-state index is 12.9. The zero-order chi connectivity index (χ0) is 23.8. The van der Waals surface area contributed by atoms with Gasteiger partial charge in [-0.3, -0.25) is 9.69 Å². The molecule has 1 heterocycles. The summed E-state index contributed by atoms with van der Waals surface area (Å²) in [5.74, 6) is 0.493. The highest BCUT2D eigenvalue weighted by molar-refractivity contribution is 7.89. The first-order valence-electron chi connectivity index (χ1n) is 10.8. The normalized spacial score (nSPS) is 16.0. The lowest BCUT2D eigenvalue weighted by Crippen LogP contribution is -2.54. The predicted octanol–water partition coefficient (Wildman–Crippen LogP) is 2.23. The number of amides is 1. The molecule has 8 nitrogen and oxygen atoms in total. The fraction of sp³-hybridized carbons (Fsp3) is 0.375. The van der Waals surface area contributed by atoms with Crippen LogP contribution in [0.1, 0.15) is 12.5 Å². The Kier molecular flexibility index (Phi) is 8.49. The number of carbonyl (C=O) groups excluding carboxylic acids is 1. The molecule has 3 rings (SSSR count). The number of sulfonamides is 1. The average molecular weight is 474 g/mol. The van der Waals surface area contributed by atoms with Crippen molar-refractivity contribution in [1.29, 1.82) is 0 Å². The molecule has 9 heteroatoms. The summed E-state index contributed by atoms with van der Waals surface area (Å²) in [6.45, 7) is 4.95. The van der Waals surface area contributed by atoms with E-state index in [1.807, 2.05) is 18.2 Å². The van der Waals surface area contributed by atoms with Crippen LogP contribution in [0.25, 0.3) is 6.08 Å². The minimum Gasteiger partial charge on any atom is -0.493 e. The smallest absolute Gasteiger partial charge is 0.241 e. The molecule has 0 aliphatic carbocycles. The lowest BCUT2D eigenvalue weighted by atomic mass is 10.2. The molecule has 1 N–H and O–H groups in total. The number of methoxy groups -OCH3 is 2. The molecule has 0 unspecified atom stereocenters. The van der Waals surface area contributed by atoms with E-state index < -0.39 is 16.1 Å². The molecule has 33 heavy (non-hydrogen) atoms. The highest BCUT2D eigenvalue weighted by atomic mass is 32.2. The zero-order valence-corrected chi connectivity index (χ0v) is 20.0. The van der Waals surface area contributed by atoms with E-state index in [1.54, 1.807) is 11.8 Å². The van der Waals surface area contributed by atoms with Crippen LogP contribution in [-0.2, 0) is 14.8 Å². The molecule has 1 atom stereocenters. The average Bonchev–Trinajstić information content (AvgIpc) is 2.84. The van der Waals surface area contributed by atoms with Crippen LogP contribution in [0, 0.1) is 0 Å². The Morgan fingerprint density at radius 2 is 1.70 bits per heavy atom. The number of nitrogens with zero attached hydrogens (tertiary/aromatic N) is 2. The quantitative estimate of drug-likeness (QED) is 0.601. The maximum atomic E-state index is 12.9. The highest BCUT2D eigenvalue weighted by Crippen LogP contribution is 2.29. The van der Waals surface area contributed by atoms with Crippen molar-refractivity contribution in [2.45, 2.75) is 17.9 Å². The van der Waals surface area contributed by atoms with Gasteiger partial charge in [0.15, 0.2) is 11.5 Å². The lowest BCUT2D eigenvalue weighted by molar-refractivity contribution is -0.134. The van der Waals surface area contributed by atoms with Crippen molar-refractivity contribution >= 4 is 22.0 Å². The Bertz CT molecular complexity index is 1060. The SMILES string of the molecule is COc1ccc(S(=O)(=O)N[C@@H](C)C(=O)N2CCN(C/C=C/c3ccccc3)CC2)cc1OC. The Morgan fingerprint density at radius 1 is 1.03 bits per heavy atom. The zero-order valence-electron chi connectivity index (χ0n) is 19.2. The molecular formula is C24H31N3O5S. The van der Waals surface area contributed by atoms with Crippen molar-refractivity contribution in [3.63, 3.8) is 0 Å². The first-order valence-corrected chi connectivity index (χ1v) is 12.3. The number of hydrogen-bond acceptors (Lipinski definition) is 6. The van der Waals surface area contributed by atoms with Crippen molar-refractivity contribution in [1.82, 2.24) is 14.5 Å². The third-order valence-corrected chi connectivity index (χ3v) is 7.06. The summed E-state index contributed by atoms with van der Waals surface area (Å²) in [7, 11) is -0.991. The molecule has 0 saturated carbocycles. The van der Waals surface area contributed by atoms with Crippen molar-refractivity contribution in [2.24, 2.45) is 0 Å². The standard InChI is InChI=1S/C24H31N3O5S/c1-19(25-33(29,30)21-11-12-22(31-2)23(18-21)32-3)24(28)27-16-14-26(15-17-27)13-7-10-20-8-5-4-6-9-20/h4-12,18-19,25H,13-17H2,1-3H3/b10-7+/t19-/m0/s1. The summed E-state index contributed by atoms with van der Waals surface area (Å²) in [4.78, 5) is 16.8. The van der Waals surface area contributed by atoms with E-state index >= 15 is 0 Å². The van der Waals surface area contributed by atoms with E-state index in [1.165, 1.54) is 32.4 Å². The summed E-state index contributed by atoms with van der Waals surface area (Å²) in [5, 5.41) is 0. The monoisotopic (exact) mass is 473 g/mol. The van der Waals surface area contributed by atoms with Crippen molar-refractivity contribution in [2.75, 3.05) is 46.9 Å². The van der Waals surface area contributed by atoms with Gasteiger partial charge in [0.2, 0.25) is 15.9 Å². The number of piperazine rings is 1. The number of benzene rings is 2. The van der Waals surface area contributed by atoms with Crippen LogP contribution in [0.5, 0.6) is 11.5 Å². The second-order valence-corrected chi connectivity index (χ2v) is 9.51. The van der Waals surface area contributed by atoms with Crippen LogP contribution in [0.3, 0.4) is 0 Å². The summed E-state index contributed by atoms with van der Waals surface area (Å²) in [5.41, 5.74) is 1.15. The summed E-state index contributed by atoms with van der Waals surface area (Å²) < 4.78 is 38.4. The second kappa shape index (κ2) is 11.3. The molecule has 2 aromatic carbocycles. The molecule has 2 aromatic rings. The van der Waals surface area contributed by atoms with Crippen LogP contribution in [0.15, 0.2) is 59.5 Å². The van der Waals surface area contributed by atoms with Gasteiger partial charge in [-0.1, -0.05) is 42.5 Å². The van der Waals surface area contributed by atoms with Crippen molar-refractivity contribution in [3.05, 3.63) is 60.2 Å². The molecule has 1 saturated heterocycles. The molecule has 1 amide bonds. The number of hydrogen-bond donors (Lipinski definition) is 1. The van der Waals surface area contributed by atoms with E-state index in [2.05, 4.69) is 33.9 Å². The molecule has 1 aliphatic rings. The van der Waals surface area contributed by atoms with Crippen LogP contribution in [0.4, 0.5) is 0 Å². The Hall–Kier alpha value is -2.88. The molecule has 0 spiro atoms. The number of rotatable bonds is 9. The van der Waals surface area contributed by atoms with E-state index in [0.717, 1.165) is 25.2 Å². The summed E-state index contributed by atoms with van der Waals surface area (Å²) >= 11 is 0. The molecule has 0 aromatic heterocycles. The minimum atomic E-state index is -3.90. The van der Waals surface area contributed by atoms with Gasteiger partial charge in [0.25, 0.3) is 0 Å². The second-order valence-electron chi connectivity index (χ2n) is 7.80. The van der Waals surface area contributed by atoms with Crippen molar-refractivity contribution in [3.8, 4) is 11.5 Å². The van der Waals surface area contributed by atoms with Gasteiger partial charge in [-0.15, -0.1) is 0 Å². The molecule has 1 aliphatic heterocycles. The fourth-order valence-corrected chi connectivity index (χ4v) is 4.87. The topological polar surface area (TPSA) is 88.2 Å². The van der Waals surface area contributed by atoms with Gasteiger partial charge in [-0.05, 0) is 24.6 Å². The Labute approximate surface area is 195 Å². The molecule has 1 fully saturated rings. The summed E-state index contributed by atoms with van der Waals surface area (Å²) in [6, 6.07) is 13.5. The van der Waals surface area contributed by atoms with Crippen molar-refractivity contribution < 1.29 is 22.7 Å². The van der Waals surface area contributed by atoms with Gasteiger partial charge < -0.3 is 14.4 Å². The van der Waals surface area contributed by atoms with Gasteiger partial charge in [-0.2, -0.15) is 4.72 Å². The van der Waals surface area contributed by atoms with Gasteiger partial charge in [-0.25, -0.2) is 8.42 Å². The first kappa shape index (κ1) is 24.8. The van der Waals surface area contributed by atoms with E-state index in [4.69, 9.17) is 9.47 Å². The van der Waals surface area contributed by atoms with Crippen LogP contribution in [-0.4, -0.2) is 77.1 Å². The van der Waals surface area contributed by atoms with Crippen LogP contribution >= 0.6 is 0 Å². The third-order valence-electron chi connectivity index (χ3n) is 5.53. The van der Waals surface area contributed by atoms with E-state index in [0.29, 0.717) is 24.6 Å². The maximum Gasteiger partial charge on any atom is 0.241 e. The number of nitrogens with one attached hydrogen (secondary N) is 1. The third kappa shape index (κ3) is 6.56. The van der Waals surface area contributed by atoms with Gasteiger partial charge in [0.05, 0.1) is 25.2 Å². The molecule has 178 valence electrons. The number of carbonyl (C=O) groups is 1. The van der Waals surface area contributed by atoms with Crippen LogP contribution < -0.4 is 14.2 Å². The lowest BCUT2D eigenvalue weighted by Gasteiger charge is -2.35. The summed E-state index contributed by atoms with van der Waals surface area (Å²) in [6.07, 6.45) is 4.20. The van der Waals surface area contributed by atoms with Gasteiger partial charge in [0.1, 0.15) is 0 Å². The molecule has 0 radical (unpaired) electrons. The molecule has 0 bridgehead atoms. The minimum absolute atomic E-state index is 0.00909. The van der Waals surface area contributed by atoms with Gasteiger partial charge >= 0.3 is 0 Å².